The highest BCUT2D eigenvalue weighted by Crippen LogP contribution is 2.33. The fourth-order valence-corrected chi connectivity index (χ4v) is 0.977. The largest absolute Gasteiger partial charge is 0.506 e. The number of rotatable bonds is 2. The molecular formula is C8H14Cl2N2O2. The molecule has 0 saturated carbocycles. The number of hydrogen-bond donors (Lipinski definition) is 4. The number of anilines is 2. The lowest BCUT2D eigenvalue weighted by atomic mass is 10.2. The fraction of sp³-hybridized carbons (Fsp3) is 0.250. The van der Waals surface area contributed by atoms with Crippen molar-refractivity contribution < 1.29 is 10.2 Å². The molecule has 0 saturated heterocycles. The SMILES string of the molecule is CNc1cc(O)c(NC)cc1O.Cl.Cl. The average molecular weight is 241 g/mol. The molecule has 0 aliphatic rings. The standard InChI is InChI=1S/C8H12N2O2.2ClH/c1-9-5-3-8(12)6(10-2)4-7(5)11;;/h3-4,9-12H,1-2H3;2*1H. The van der Waals surface area contributed by atoms with Crippen LogP contribution in [-0.2, 0) is 0 Å². The molecule has 0 bridgehead atoms. The molecule has 0 spiro atoms. The van der Waals surface area contributed by atoms with Crippen molar-refractivity contribution in [2.45, 2.75) is 0 Å². The van der Waals surface area contributed by atoms with Gasteiger partial charge in [-0.15, -0.1) is 24.8 Å². The Labute approximate surface area is 95.2 Å². The van der Waals surface area contributed by atoms with Crippen LogP contribution in [0.25, 0.3) is 0 Å². The summed E-state index contributed by atoms with van der Waals surface area (Å²) >= 11 is 0. The molecule has 6 heteroatoms. The maximum atomic E-state index is 9.33. The first-order valence-corrected chi connectivity index (χ1v) is 3.60. The molecule has 0 heterocycles. The van der Waals surface area contributed by atoms with Crippen LogP contribution in [0.15, 0.2) is 12.1 Å². The summed E-state index contributed by atoms with van der Waals surface area (Å²) in [6, 6.07) is 2.92. The van der Waals surface area contributed by atoms with Crippen LogP contribution in [0.5, 0.6) is 11.5 Å². The average Bonchev–Trinajstić information content (AvgIpc) is 2.08. The van der Waals surface area contributed by atoms with Gasteiger partial charge in [0.25, 0.3) is 0 Å². The number of halogens is 2. The van der Waals surface area contributed by atoms with Crippen LogP contribution in [0.1, 0.15) is 0 Å². The Balaban J connectivity index is 0. The molecule has 0 aromatic heterocycles. The molecule has 0 aliphatic carbocycles. The highest BCUT2D eigenvalue weighted by Gasteiger charge is 2.05. The summed E-state index contributed by atoms with van der Waals surface area (Å²) in [7, 11) is 3.35. The van der Waals surface area contributed by atoms with E-state index in [0.29, 0.717) is 11.4 Å². The van der Waals surface area contributed by atoms with E-state index in [1.807, 2.05) is 0 Å². The second-order valence-corrected chi connectivity index (χ2v) is 2.39. The number of nitrogens with one attached hydrogen (secondary N) is 2. The summed E-state index contributed by atoms with van der Waals surface area (Å²) in [6.07, 6.45) is 0. The number of benzene rings is 1. The minimum absolute atomic E-state index is 0. The topological polar surface area (TPSA) is 64.5 Å². The number of hydrogen-bond acceptors (Lipinski definition) is 4. The van der Waals surface area contributed by atoms with Crippen LogP contribution in [0, 0.1) is 0 Å². The number of phenols is 2. The molecule has 0 aliphatic heterocycles. The summed E-state index contributed by atoms with van der Waals surface area (Å²) in [4.78, 5) is 0. The third-order valence-electron chi connectivity index (χ3n) is 1.65. The molecule has 0 fully saturated rings. The number of aromatic hydroxyl groups is 2. The quantitative estimate of drug-likeness (QED) is 0.472. The molecule has 0 atom stereocenters. The van der Waals surface area contributed by atoms with Gasteiger partial charge in [0, 0.05) is 26.2 Å². The van der Waals surface area contributed by atoms with Crippen LogP contribution in [0.4, 0.5) is 11.4 Å². The minimum Gasteiger partial charge on any atom is -0.506 e. The van der Waals surface area contributed by atoms with Crippen molar-refractivity contribution in [2.24, 2.45) is 0 Å². The van der Waals surface area contributed by atoms with E-state index >= 15 is 0 Å². The van der Waals surface area contributed by atoms with E-state index < -0.39 is 0 Å². The van der Waals surface area contributed by atoms with Gasteiger partial charge in [0.05, 0.1) is 11.4 Å². The molecule has 1 aromatic rings. The van der Waals surface area contributed by atoms with E-state index in [9.17, 15) is 10.2 Å². The maximum absolute atomic E-state index is 9.33. The Bertz CT molecular complexity index is 265. The van der Waals surface area contributed by atoms with E-state index in [2.05, 4.69) is 10.6 Å². The molecule has 0 amide bonds. The Hall–Kier alpha value is -1.000. The third-order valence-corrected chi connectivity index (χ3v) is 1.65. The Kier molecular flexibility index (Phi) is 7.13. The molecule has 0 radical (unpaired) electrons. The van der Waals surface area contributed by atoms with Gasteiger partial charge in [-0.05, 0) is 0 Å². The predicted molar refractivity (Wildman–Crippen MR) is 63.4 cm³/mol. The van der Waals surface area contributed by atoms with Crippen LogP contribution >= 0.6 is 24.8 Å². The van der Waals surface area contributed by atoms with Crippen molar-refractivity contribution in [3.05, 3.63) is 12.1 Å². The maximum Gasteiger partial charge on any atom is 0.140 e. The van der Waals surface area contributed by atoms with Gasteiger partial charge >= 0.3 is 0 Å². The van der Waals surface area contributed by atoms with E-state index in [1.165, 1.54) is 12.1 Å². The first-order chi connectivity index (χ1) is 5.69. The van der Waals surface area contributed by atoms with Gasteiger partial charge in [0.15, 0.2) is 0 Å². The third kappa shape index (κ3) is 3.05. The fourth-order valence-electron chi connectivity index (χ4n) is 0.977. The molecule has 1 aromatic carbocycles. The van der Waals surface area contributed by atoms with Crippen molar-refractivity contribution >= 4 is 36.2 Å². The molecule has 0 unspecified atom stereocenters. The van der Waals surface area contributed by atoms with Gasteiger partial charge in [-0.3, -0.25) is 0 Å². The normalized spacial score (nSPS) is 8.14. The van der Waals surface area contributed by atoms with E-state index in [0.717, 1.165) is 0 Å². The lowest BCUT2D eigenvalue weighted by Gasteiger charge is -2.08. The molecule has 82 valence electrons. The molecule has 14 heavy (non-hydrogen) atoms. The van der Waals surface area contributed by atoms with Gasteiger partial charge in [0.2, 0.25) is 0 Å². The summed E-state index contributed by atoms with van der Waals surface area (Å²) < 4.78 is 0. The van der Waals surface area contributed by atoms with Crippen LogP contribution in [0.2, 0.25) is 0 Å². The van der Waals surface area contributed by atoms with Crippen molar-refractivity contribution in [2.75, 3.05) is 24.7 Å². The molecule has 4 N–H and O–H groups in total. The summed E-state index contributed by atoms with van der Waals surface area (Å²) in [6.45, 7) is 0. The zero-order valence-electron chi connectivity index (χ0n) is 7.87. The smallest absolute Gasteiger partial charge is 0.140 e. The zero-order chi connectivity index (χ0) is 9.14. The molecule has 1 rings (SSSR count). The lowest BCUT2D eigenvalue weighted by Crippen LogP contribution is -1.92. The minimum atomic E-state index is 0. The van der Waals surface area contributed by atoms with Crippen LogP contribution < -0.4 is 10.6 Å². The predicted octanol–water partition coefficient (Wildman–Crippen LogP) is 2.02. The monoisotopic (exact) mass is 240 g/mol. The van der Waals surface area contributed by atoms with Crippen molar-refractivity contribution in [3.63, 3.8) is 0 Å². The number of phenolic OH excluding ortho intramolecular Hbond substituents is 2. The van der Waals surface area contributed by atoms with Gasteiger partial charge in [-0.1, -0.05) is 0 Å². The highest BCUT2D eigenvalue weighted by molar-refractivity contribution is 5.85. The first kappa shape index (κ1) is 15.5. The van der Waals surface area contributed by atoms with Crippen LogP contribution in [0.3, 0.4) is 0 Å². The summed E-state index contributed by atoms with van der Waals surface area (Å²) in [5.41, 5.74) is 1.01. The Morgan fingerprint density at radius 2 is 1.14 bits per heavy atom. The van der Waals surface area contributed by atoms with E-state index in [-0.39, 0.29) is 36.3 Å². The van der Waals surface area contributed by atoms with Gasteiger partial charge < -0.3 is 20.8 Å². The Morgan fingerprint density at radius 1 is 0.857 bits per heavy atom. The highest BCUT2D eigenvalue weighted by atomic mass is 35.5. The van der Waals surface area contributed by atoms with Crippen molar-refractivity contribution in [3.8, 4) is 11.5 Å². The molecular weight excluding hydrogens is 227 g/mol. The van der Waals surface area contributed by atoms with Gasteiger partial charge in [-0.2, -0.15) is 0 Å². The Morgan fingerprint density at radius 3 is 1.36 bits per heavy atom. The van der Waals surface area contributed by atoms with Crippen molar-refractivity contribution in [1.29, 1.82) is 0 Å². The lowest BCUT2D eigenvalue weighted by molar-refractivity contribution is 0.464. The van der Waals surface area contributed by atoms with Crippen LogP contribution in [-0.4, -0.2) is 24.3 Å². The van der Waals surface area contributed by atoms with E-state index in [4.69, 9.17) is 0 Å². The summed E-state index contributed by atoms with van der Waals surface area (Å²) in [5, 5.41) is 24.2. The zero-order valence-corrected chi connectivity index (χ0v) is 9.50. The van der Waals surface area contributed by atoms with Gasteiger partial charge in [0.1, 0.15) is 11.5 Å². The van der Waals surface area contributed by atoms with Gasteiger partial charge in [-0.25, -0.2) is 0 Å². The first-order valence-electron chi connectivity index (χ1n) is 3.60. The molecule has 4 nitrogen and oxygen atoms in total. The van der Waals surface area contributed by atoms with E-state index in [1.54, 1.807) is 14.1 Å². The second-order valence-electron chi connectivity index (χ2n) is 2.39. The summed E-state index contributed by atoms with van der Waals surface area (Å²) in [5.74, 6) is 0.222. The van der Waals surface area contributed by atoms with Crippen molar-refractivity contribution in [1.82, 2.24) is 0 Å². The second kappa shape index (κ2) is 6.45.